The molecule has 0 atom stereocenters. The Morgan fingerprint density at radius 1 is 1.25 bits per heavy atom. The molecular formula is C12H11ClN2O. The Hall–Kier alpha value is -1.61. The van der Waals surface area contributed by atoms with E-state index in [1.54, 1.807) is 19.4 Å². The summed E-state index contributed by atoms with van der Waals surface area (Å²) >= 11 is 6.15. The summed E-state index contributed by atoms with van der Waals surface area (Å²) in [6.45, 7) is 1.85. The first-order valence-corrected chi connectivity index (χ1v) is 5.22. The van der Waals surface area contributed by atoms with Crippen molar-refractivity contribution in [3.8, 4) is 17.0 Å². The molecule has 2 aromatic rings. The van der Waals surface area contributed by atoms with Crippen molar-refractivity contribution >= 4 is 11.6 Å². The van der Waals surface area contributed by atoms with E-state index in [-0.39, 0.29) is 0 Å². The third-order valence-corrected chi connectivity index (χ3v) is 2.54. The molecule has 16 heavy (non-hydrogen) atoms. The van der Waals surface area contributed by atoms with Crippen molar-refractivity contribution in [3.05, 3.63) is 41.3 Å². The lowest BCUT2D eigenvalue weighted by Crippen LogP contribution is -1.91. The first kappa shape index (κ1) is 10.9. The first-order chi connectivity index (χ1) is 7.70. The summed E-state index contributed by atoms with van der Waals surface area (Å²) in [5.74, 6) is 1.46. The van der Waals surface area contributed by atoms with E-state index in [0.29, 0.717) is 5.02 Å². The Bertz CT molecular complexity index is 514. The lowest BCUT2D eigenvalue weighted by molar-refractivity contribution is 0.415. The molecule has 1 aromatic heterocycles. The van der Waals surface area contributed by atoms with Crippen LogP contribution < -0.4 is 4.74 Å². The van der Waals surface area contributed by atoms with Gasteiger partial charge >= 0.3 is 0 Å². The number of rotatable bonds is 2. The molecule has 0 aliphatic rings. The first-order valence-electron chi connectivity index (χ1n) is 4.84. The van der Waals surface area contributed by atoms with Gasteiger partial charge in [0.2, 0.25) is 0 Å². The summed E-state index contributed by atoms with van der Waals surface area (Å²) in [6.07, 6.45) is 1.72. The van der Waals surface area contributed by atoms with E-state index in [4.69, 9.17) is 16.3 Å². The van der Waals surface area contributed by atoms with Gasteiger partial charge < -0.3 is 4.74 Å². The molecule has 0 bridgehead atoms. The van der Waals surface area contributed by atoms with Crippen LogP contribution in [0.3, 0.4) is 0 Å². The molecule has 0 spiro atoms. The van der Waals surface area contributed by atoms with Crippen LogP contribution in [0.5, 0.6) is 5.75 Å². The van der Waals surface area contributed by atoms with Crippen LogP contribution in [0.4, 0.5) is 0 Å². The van der Waals surface area contributed by atoms with Crippen molar-refractivity contribution in [2.75, 3.05) is 7.11 Å². The van der Waals surface area contributed by atoms with Gasteiger partial charge in [-0.3, -0.25) is 0 Å². The van der Waals surface area contributed by atoms with Crippen molar-refractivity contribution in [1.29, 1.82) is 0 Å². The highest BCUT2D eigenvalue weighted by molar-refractivity contribution is 6.33. The Morgan fingerprint density at radius 2 is 2.06 bits per heavy atom. The maximum atomic E-state index is 6.15. The van der Waals surface area contributed by atoms with Gasteiger partial charge in [0.05, 0.1) is 17.8 Å². The average molecular weight is 235 g/mol. The number of benzene rings is 1. The average Bonchev–Trinajstić information content (AvgIpc) is 2.28. The number of ether oxygens (including phenoxy) is 1. The molecular weight excluding hydrogens is 224 g/mol. The fourth-order valence-corrected chi connectivity index (χ4v) is 1.70. The monoisotopic (exact) mass is 234 g/mol. The van der Waals surface area contributed by atoms with E-state index < -0.39 is 0 Å². The summed E-state index contributed by atoms with van der Waals surface area (Å²) in [5.41, 5.74) is 1.70. The molecule has 82 valence electrons. The smallest absolute Gasteiger partial charge is 0.125 e. The number of aromatic nitrogens is 2. The number of nitrogens with zero attached hydrogens (tertiary/aromatic N) is 2. The van der Waals surface area contributed by atoms with Gasteiger partial charge in [-0.15, -0.1) is 0 Å². The van der Waals surface area contributed by atoms with Crippen LogP contribution in [0.15, 0.2) is 30.5 Å². The molecule has 0 unspecified atom stereocenters. The van der Waals surface area contributed by atoms with Gasteiger partial charge in [0.15, 0.2) is 0 Å². The van der Waals surface area contributed by atoms with E-state index in [2.05, 4.69) is 9.97 Å². The maximum absolute atomic E-state index is 6.15. The van der Waals surface area contributed by atoms with Crippen LogP contribution in [-0.4, -0.2) is 17.1 Å². The number of methoxy groups -OCH3 is 1. The third kappa shape index (κ3) is 2.14. The number of hydrogen-bond acceptors (Lipinski definition) is 3. The fourth-order valence-electron chi connectivity index (χ4n) is 1.44. The minimum Gasteiger partial charge on any atom is -0.497 e. The number of aryl methyl sites for hydroxylation is 1. The Morgan fingerprint density at radius 3 is 2.69 bits per heavy atom. The van der Waals surface area contributed by atoms with Gasteiger partial charge in [-0.2, -0.15) is 0 Å². The van der Waals surface area contributed by atoms with Crippen LogP contribution in [0.1, 0.15) is 5.82 Å². The van der Waals surface area contributed by atoms with E-state index in [1.165, 1.54) is 0 Å². The summed E-state index contributed by atoms with van der Waals surface area (Å²) in [6, 6.07) is 7.36. The van der Waals surface area contributed by atoms with Crippen molar-refractivity contribution in [2.24, 2.45) is 0 Å². The highest BCUT2D eigenvalue weighted by atomic mass is 35.5. The second kappa shape index (κ2) is 4.49. The standard InChI is InChI=1S/C12H11ClN2O/c1-8-14-6-5-12(15-8)10-4-3-9(16-2)7-11(10)13/h3-7H,1-2H3. The van der Waals surface area contributed by atoms with Crippen molar-refractivity contribution in [3.63, 3.8) is 0 Å². The zero-order valence-corrected chi connectivity index (χ0v) is 9.82. The predicted molar refractivity (Wildman–Crippen MR) is 63.8 cm³/mol. The summed E-state index contributed by atoms with van der Waals surface area (Å²) < 4.78 is 5.09. The third-order valence-electron chi connectivity index (χ3n) is 2.23. The van der Waals surface area contributed by atoms with E-state index >= 15 is 0 Å². The molecule has 4 heteroatoms. The van der Waals surface area contributed by atoms with E-state index in [9.17, 15) is 0 Å². The number of halogens is 1. The molecule has 0 saturated carbocycles. The van der Waals surface area contributed by atoms with Crippen LogP contribution in [0.2, 0.25) is 5.02 Å². The minimum atomic E-state index is 0.623. The van der Waals surface area contributed by atoms with Gasteiger partial charge in [-0.1, -0.05) is 11.6 Å². The van der Waals surface area contributed by atoms with Gasteiger partial charge in [0.25, 0.3) is 0 Å². The Balaban J connectivity index is 2.48. The van der Waals surface area contributed by atoms with Crippen LogP contribution in [0.25, 0.3) is 11.3 Å². The molecule has 0 radical (unpaired) electrons. The molecule has 1 heterocycles. The molecule has 2 rings (SSSR count). The molecule has 0 saturated heterocycles. The molecule has 1 aromatic carbocycles. The second-order valence-electron chi connectivity index (χ2n) is 3.33. The van der Waals surface area contributed by atoms with Crippen LogP contribution in [0, 0.1) is 6.92 Å². The second-order valence-corrected chi connectivity index (χ2v) is 3.74. The zero-order chi connectivity index (χ0) is 11.5. The quantitative estimate of drug-likeness (QED) is 0.801. The fraction of sp³-hybridized carbons (Fsp3) is 0.167. The van der Waals surface area contributed by atoms with Gasteiger partial charge in [0, 0.05) is 11.8 Å². The molecule has 3 nitrogen and oxygen atoms in total. The lowest BCUT2D eigenvalue weighted by Gasteiger charge is -2.06. The predicted octanol–water partition coefficient (Wildman–Crippen LogP) is 3.11. The topological polar surface area (TPSA) is 35.0 Å². The number of hydrogen-bond donors (Lipinski definition) is 0. The highest BCUT2D eigenvalue weighted by Gasteiger charge is 2.06. The van der Waals surface area contributed by atoms with Crippen LogP contribution in [-0.2, 0) is 0 Å². The summed E-state index contributed by atoms with van der Waals surface area (Å²) in [5, 5.41) is 0.623. The zero-order valence-electron chi connectivity index (χ0n) is 9.07. The molecule has 0 aliphatic carbocycles. The normalized spacial score (nSPS) is 10.2. The van der Waals surface area contributed by atoms with Crippen molar-refractivity contribution in [1.82, 2.24) is 9.97 Å². The molecule has 0 N–H and O–H groups in total. The molecule has 0 aliphatic heterocycles. The lowest BCUT2D eigenvalue weighted by atomic mass is 10.1. The Labute approximate surface area is 99.1 Å². The van der Waals surface area contributed by atoms with Crippen LogP contribution >= 0.6 is 11.6 Å². The molecule has 0 fully saturated rings. The van der Waals surface area contributed by atoms with Crippen molar-refractivity contribution in [2.45, 2.75) is 6.92 Å². The van der Waals surface area contributed by atoms with Crippen molar-refractivity contribution < 1.29 is 4.74 Å². The largest absolute Gasteiger partial charge is 0.497 e. The van der Waals surface area contributed by atoms with E-state index in [0.717, 1.165) is 22.8 Å². The maximum Gasteiger partial charge on any atom is 0.125 e. The highest BCUT2D eigenvalue weighted by Crippen LogP contribution is 2.29. The van der Waals surface area contributed by atoms with Gasteiger partial charge in [-0.25, -0.2) is 9.97 Å². The van der Waals surface area contributed by atoms with Gasteiger partial charge in [0.1, 0.15) is 11.6 Å². The summed E-state index contributed by atoms with van der Waals surface area (Å²) in [7, 11) is 1.61. The minimum absolute atomic E-state index is 0.623. The molecule has 0 amide bonds. The SMILES string of the molecule is COc1ccc(-c2ccnc(C)n2)c(Cl)c1. The van der Waals surface area contributed by atoms with Gasteiger partial charge in [-0.05, 0) is 31.2 Å². The summed E-state index contributed by atoms with van der Waals surface area (Å²) in [4.78, 5) is 8.37. The van der Waals surface area contributed by atoms with E-state index in [1.807, 2.05) is 25.1 Å². The Kier molecular flexibility index (Phi) is 3.06.